The number of carbonyl (C=O) groups is 1. The fourth-order valence-electron chi connectivity index (χ4n) is 4.67. The number of hydrogen-bond donors (Lipinski definition) is 1. The Morgan fingerprint density at radius 2 is 1.74 bits per heavy atom. The Balaban J connectivity index is 1.40. The van der Waals surface area contributed by atoms with Crippen LogP contribution in [0.4, 0.5) is 4.79 Å². The van der Waals surface area contributed by atoms with Crippen LogP contribution < -0.4 is 9.46 Å². The number of nitrogens with zero attached hydrogens (tertiary/aromatic N) is 2. The average molecular weight is 500 g/mol. The maximum Gasteiger partial charge on any atom is 0.415 e. The van der Waals surface area contributed by atoms with E-state index in [1.165, 1.54) is 5.56 Å². The van der Waals surface area contributed by atoms with Gasteiger partial charge in [0.25, 0.3) is 0 Å². The first kappa shape index (κ1) is 26.0. The number of nitrogens with one attached hydrogen (secondary N) is 1. The summed E-state index contributed by atoms with van der Waals surface area (Å²) in [7, 11) is 0. The molecule has 2 heterocycles. The van der Waals surface area contributed by atoms with Crippen LogP contribution in [0.2, 0.25) is 0 Å². The Morgan fingerprint density at radius 1 is 1.09 bits per heavy atom. The first-order chi connectivity index (χ1) is 16.7. The van der Waals surface area contributed by atoms with Gasteiger partial charge in [-0.1, -0.05) is 42.5 Å². The van der Waals surface area contributed by atoms with E-state index >= 15 is 0 Å². The maximum atomic E-state index is 12.6. The molecule has 0 spiro atoms. The van der Waals surface area contributed by atoms with Crippen molar-refractivity contribution in [2.45, 2.75) is 50.4 Å². The van der Waals surface area contributed by atoms with Crippen molar-refractivity contribution in [3.8, 4) is 5.75 Å². The molecule has 0 radical (unpaired) electrons. The third-order valence-corrected chi connectivity index (χ3v) is 8.56. The summed E-state index contributed by atoms with van der Waals surface area (Å²) in [6.07, 6.45) is 0.619. The molecular formula is C27H37N3O4S. The molecule has 1 N–H and O–H groups in total. The lowest BCUT2D eigenvalue weighted by molar-refractivity contribution is 0.0235. The molecule has 0 saturated carbocycles. The van der Waals surface area contributed by atoms with Gasteiger partial charge in [0.15, 0.2) is 0 Å². The minimum atomic E-state index is -1.13. The molecule has 2 aromatic carbocycles. The summed E-state index contributed by atoms with van der Waals surface area (Å²) in [5.41, 5.74) is 2.14. The summed E-state index contributed by atoms with van der Waals surface area (Å²) in [6, 6.07) is 17.8. The van der Waals surface area contributed by atoms with E-state index in [9.17, 15) is 9.35 Å². The van der Waals surface area contributed by atoms with Crippen LogP contribution in [0.15, 0.2) is 54.6 Å². The van der Waals surface area contributed by atoms with Crippen molar-refractivity contribution >= 4 is 17.5 Å². The zero-order valence-electron chi connectivity index (χ0n) is 21.2. The lowest BCUT2D eigenvalue weighted by atomic mass is 9.85. The molecule has 4 rings (SSSR count). The second kappa shape index (κ2) is 10.9. The molecule has 7 nitrogen and oxygen atoms in total. The summed E-state index contributed by atoms with van der Waals surface area (Å²) in [4.78, 5) is 16.9. The minimum Gasteiger partial charge on any atom is -0.598 e. The van der Waals surface area contributed by atoms with E-state index in [0.717, 1.165) is 31.7 Å². The molecule has 2 unspecified atom stereocenters. The second-order valence-corrected chi connectivity index (χ2v) is 12.3. The highest BCUT2D eigenvalue weighted by Crippen LogP contribution is 2.38. The van der Waals surface area contributed by atoms with Gasteiger partial charge in [-0.15, -0.1) is 4.72 Å². The average Bonchev–Trinajstić information content (AvgIpc) is 3.35. The summed E-state index contributed by atoms with van der Waals surface area (Å²) < 4.78 is 26.8. The lowest BCUT2D eigenvalue weighted by Gasteiger charge is -2.45. The van der Waals surface area contributed by atoms with Crippen LogP contribution >= 0.6 is 0 Å². The molecule has 8 heteroatoms. The number of rotatable bonds is 6. The molecule has 0 bridgehead atoms. The van der Waals surface area contributed by atoms with Crippen LogP contribution in [0.5, 0.6) is 5.75 Å². The number of benzene rings is 2. The predicted molar refractivity (Wildman–Crippen MR) is 139 cm³/mol. The number of carbonyl (C=O) groups excluding carboxylic acids is 1. The van der Waals surface area contributed by atoms with Crippen LogP contribution in [0.3, 0.4) is 0 Å². The second-order valence-electron chi connectivity index (χ2n) is 10.3. The molecule has 35 heavy (non-hydrogen) atoms. The van der Waals surface area contributed by atoms with Gasteiger partial charge >= 0.3 is 6.09 Å². The van der Waals surface area contributed by atoms with Gasteiger partial charge in [0, 0.05) is 44.1 Å². The molecular weight excluding hydrogens is 462 g/mol. The third-order valence-electron chi connectivity index (χ3n) is 6.88. The van der Waals surface area contributed by atoms with E-state index in [2.05, 4.69) is 33.9 Å². The summed E-state index contributed by atoms with van der Waals surface area (Å²) in [5, 5.41) is 0. The van der Waals surface area contributed by atoms with E-state index in [1.807, 2.05) is 45.9 Å². The van der Waals surface area contributed by atoms with Crippen molar-refractivity contribution in [1.29, 1.82) is 0 Å². The monoisotopic (exact) mass is 499 g/mol. The predicted octanol–water partition coefficient (Wildman–Crippen LogP) is 4.23. The number of piperazine rings is 1. The Labute approximate surface area is 212 Å². The van der Waals surface area contributed by atoms with Gasteiger partial charge in [-0.3, -0.25) is 4.90 Å². The zero-order valence-corrected chi connectivity index (χ0v) is 22.0. The molecule has 2 fully saturated rings. The third kappa shape index (κ3) is 6.01. The van der Waals surface area contributed by atoms with Gasteiger partial charge in [0.1, 0.15) is 10.5 Å². The van der Waals surface area contributed by atoms with Crippen LogP contribution in [0.25, 0.3) is 0 Å². The molecule has 0 aromatic heterocycles. The Hall–Kier alpha value is -2.10. The van der Waals surface area contributed by atoms with Crippen LogP contribution in [-0.2, 0) is 21.6 Å². The van der Waals surface area contributed by atoms with E-state index in [4.69, 9.17) is 9.47 Å². The molecule has 2 aromatic rings. The first-order valence-electron chi connectivity index (χ1n) is 12.3. The van der Waals surface area contributed by atoms with E-state index in [1.54, 1.807) is 17.0 Å². The smallest absolute Gasteiger partial charge is 0.415 e. The number of para-hydroxylation sites is 1. The fourth-order valence-corrected chi connectivity index (χ4v) is 5.48. The lowest BCUT2D eigenvalue weighted by Crippen LogP contribution is -2.57. The summed E-state index contributed by atoms with van der Waals surface area (Å²) >= 11 is -1.13. The number of amides is 1. The highest BCUT2D eigenvalue weighted by atomic mass is 32.2. The quantitative estimate of drug-likeness (QED) is 0.600. The number of ether oxygens (including phenoxy) is 2. The highest BCUT2D eigenvalue weighted by molar-refractivity contribution is 7.90. The van der Waals surface area contributed by atoms with Gasteiger partial charge in [-0.2, -0.15) is 0 Å². The largest absolute Gasteiger partial charge is 0.598 e. The van der Waals surface area contributed by atoms with Crippen LogP contribution in [-0.4, -0.2) is 64.6 Å². The van der Waals surface area contributed by atoms with Gasteiger partial charge in [-0.05, 0) is 57.4 Å². The van der Waals surface area contributed by atoms with Crippen molar-refractivity contribution in [3.63, 3.8) is 0 Å². The van der Waals surface area contributed by atoms with Crippen molar-refractivity contribution in [3.05, 3.63) is 65.7 Å². The minimum absolute atomic E-state index is 0.0148. The number of hydrogen-bond acceptors (Lipinski definition) is 6. The Kier molecular flexibility index (Phi) is 8.08. The summed E-state index contributed by atoms with van der Waals surface area (Å²) in [5.74, 6) is 0.565. The molecule has 2 aliphatic heterocycles. The Bertz CT molecular complexity index is 966. The van der Waals surface area contributed by atoms with Gasteiger partial charge in [0.05, 0.1) is 18.2 Å². The molecule has 1 amide bonds. The van der Waals surface area contributed by atoms with E-state index in [0.29, 0.717) is 25.4 Å². The van der Waals surface area contributed by atoms with Gasteiger partial charge in [0.2, 0.25) is 0 Å². The maximum absolute atomic E-state index is 12.6. The zero-order chi connectivity index (χ0) is 25.1. The molecule has 2 aliphatic rings. The SMILES string of the molecule is C[C@H](N[S+]([O-])C(C)(C)C)c1ccc(C2(N3CCN(C(=O)Oc4ccccc4)CC3)CCOC2)cc1. The van der Waals surface area contributed by atoms with Gasteiger partial charge < -0.3 is 18.9 Å². The molecule has 0 aliphatic carbocycles. The highest BCUT2D eigenvalue weighted by Gasteiger charge is 2.44. The first-order valence-corrected chi connectivity index (χ1v) is 13.5. The molecule has 3 atom stereocenters. The molecule has 190 valence electrons. The van der Waals surface area contributed by atoms with Crippen molar-refractivity contribution in [2.24, 2.45) is 0 Å². The van der Waals surface area contributed by atoms with Crippen LogP contribution in [0.1, 0.15) is 51.3 Å². The normalized spacial score (nSPS) is 23.2. The van der Waals surface area contributed by atoms with Crippen molar-refractivity contribution in [2.75, 3.05) is 39.4 Å². The van der Waals surface area contributed by atoms with Crippen molar-refractivity contribution < 1.29 is 18.8 Å². The van der Waals surface area contributed by atoms with Crippen molar-refractivity contribution in [1.82, 2.24) is 14.5 Å². The Morgan fingerprint density at radius 3 is 2.31 bits per heavy atom. The molecule has 2 saturated heterocycles. The fraction of sp³-hybridized carbons (Fsp3) is 0.519. The van der Waals surface area contributed by atoms with Crippen LogP contribution in [0, 0.1) is 0 Å². The summed E-state index contributed by atoms with van der Waals surface area (Å²) in [6.45, 7) is 12.1. The van der Waals surface area contributed by atoms with Gasteiger partial charge in [-0.25, -0.2) is 4.79 Å². The van der Waals surface area contributed by atoms with E-state index in [-0.39, 0.29) is 22.4 Å². The topological polar surface area (TPSA) is 77.1 Å². The standard InChI is InChI=1S/C27H37N3O4S/c1-21(28-35(32)26(2,3)4)22-10-12-23(13-11-22)27(14-19-33-20-27)30-17-15-29(16-18-30)25(31)34-24-8-6-5-7-9-24/h5-13,21,28H,14-20H2,1-4H3/t21-,27?,35?/m0/s1. The van der Waals surface area contributed by atoms with E-state index < -0.39 is 11.4 Å².